The third kappa shape index (κ3) is 4.29. The van der Waals surface area contributed by atoms with Gasteiger partial charge >= 0.3 is 11.9 Å². The first-order chi connectivity index (χ1) is 10.7. The quantitative estimate of drug-likeness (QED) is 0.805. The molecule has 124 valence electrons. The molecular weight excluding hydrogens is 298 g/mol. The predicted molar refractivity (Wildman–Crippen MR) is 84.9 cm³/mol. The van der Waals surface area contributed by atoms with Crippen LogP contribution in [0.5, 0.6) is 0 Å². The number of hydrogen-bond donors (Lipinski definition) is 2. The summed E-state index contributed by atoms with van der Waals surface area (Å²) in [6, 6.07) is 2.54. The first kappa shape index (κ1) is 17.0. The molecule has 0 spiro atoms. The smallest absolute Gasteiger partial charge is 0.322 e. The Bertz CT molecular complexity index is 730. The number of esters is 1. The van der Waals surface area contributed by atoms with Crippen LogP contribution in [0.15, 0.2) is 24.5 Å². The third-order valence-corrected chi connectivity index (χ3v) is 3.18. The summed E-state index contributed by atoms with van der Waals surface area (Å²) in [4.78, 5) is 27.3. The van der Waals surface area contributed by atoms with Crippen LogP contribution in [0.3, 0.4) is 0 Å². The van der Waals surface area contributed by atoms with Crippen LogP contribution in [0.1, 0.15) is 26.3 Å². The molecule has 7 nitrogen and oxygen atoms in total. The van der Waals surface area contributed by atoms with E-state index in [0.717, 1.165) is 5.52 Å². The molecule has 2 aromatic heterocycles. The molecule has 0 aliphatic carbocycles. The highest BCUT2D eigenvalue weighted by Crippen LogP contribution is 2.21. The van der Waals surface area contributed by atoms with E-state index in [1.165, 1.54) is 0 Å². The number of carbonyl (C=O) groups is 2. The van der Waals surface area contributed by atoms with Gasteiger partial charge in [-0.25, -0.2) is 0 Å². The van der Waals surface area contributed by atoms with Crippen LogP contribution in [0.4, 0.5) is 0 Å². The molecule has 3 N–H and O–H groups in total. The Morgan fingerprint density at radius 2 is 2.13 bits per heavy atom. The van der Waals surface area contributed by atoms with Crippen molar-refractivity contribution in [2.45, 2.75) is 45.4 Å². The Balaban J connectivity index is 2.30. The summed E-state index contributed by atoms with van der Waals surface area (Å²) in [7, 11) is 0. The van der Waals surface area contributed by atoms with Crippen LogP contribution >= 0.6 is 0 Å². The number of nitrogens with two attached hydrogens (primary N) is 1. The average Bonchev–Trinajstić information content (AvgIpc) is 2.75. The van der Waals surface area contributed by atoms with Gasteiger partial charge in [0, 0.05) is 24.5 Å². The fraction of sp³-hybridized carbons (Fsp3) is 0.438. The van der Waals surface area contributed by atoms with E-state index in [2.05, 4.69) is 4.98 Å². The Hall–Kier alpha value is -2.41. The lowest BCUT2D eigenvalue weighted by molar-refractivity contribution is -0.153. The Labute approximate surface area is 134 Å². The summed E-state index contributed by atoms with van der Waals surface area (Å²) in [6.07, 6.45) is 3.41. The molecule has 23 heavy (non-hydrogen) atoms. The summed E-state index contributed by atoms with van der Waals surface area (Å²) < 4.78 is 7.03. The van der Waals surface area contributed by atoms with E-state index in [1.54, 1.807) is 43.8 Å². The molecule has 0 bridgehead atoms. The highest BCUT2D eigenvalue weighted by atomic mass is 16.6. The number of hydrogen-bond acceptors (Lipinski definition) is 5. The topological polar surface area (TPSA) is 107 Å². The summed E-state index contributed by atoms with van der Waals surface area (Å²) in [5.41, 5.74) is 7.12. The molecule has 1 unspecified atom stereocenters. The van der Waals surface area contributed by atoms with Crippen LogP contribution in [-0.4, -0.2) is 38.2 Å². The van der Waals surface area contributed by atoms with E-state index < -0.39 is 17.6 Å². The Morgan fingerprint density at radius 3 is 2.74 bits per heavy atom. The second kappa shape index (κ2) is 6.37. The van der Waals surface area contributed by atoms with Crippen molar-refractivity contribution in [2.24, 2.45) is 5.73 Å². The Morgan fingerprint density at radius 1 is 1.43 bits per heavy atom. The molecule has 7 heteroatoms. The van der Waals surface area contributed by atoms with Gasteiger partial charge in [0.2, 0.25) is 0 Å². The first-order valence-corrected chi connectivity index (χ1v) is 7.30. The summed E-state index contributed by atoms with van der Waals surface area (Å²) in [6.45, 7) is 5.51. The minimum absolute atomic E-state index is 0.0695. The van der Waals surface area contributed by atoms with Crippen molar-refractivity contribution < 1.29 is 19.4 Å². The zero-order chi connectivity index (χ0) is 17.2. The van der Waals surface area contributed by atoms with Gasteiger partial charge in [-0.3, -0.25) is 14.6 Å². The maximum absolute atomic E-state index is 12.0. The lowest BCUT2D eigenvalue weighted by Crippen LogP contribution is -2.34. The minimum atomic E-state index is -1.08. The van der Waals surface area contributed by atoms with Crippen LogP contribution in [-0.2, 0) is 27.3 Å². The summed E-state index contributed by atoms with van der Waals surface area (Å²) in [5.74, 6) is -1.44. The van der Waals surface area contributed by atoms with E-state index in [1.807, 2.05) is 6.07 Å². The van der Waals surface area contributed by atoms with Crippen LogP contribution < -0.4 is 5.73 Å². The summed E-state index contributed by atoms with van der Waals surface area (Å²) >= 11 is 0. The fourth-order valence-corrected chi connectivity index (χ4v) is 2.30. The second-order valence-electron chi connectivity index (χ2n) is 6.39. The zero-order valence-electron chi connectivity index (χ0n) is 13.4. The van der Waals surface area contributed by atoms with Gasteiger partial charge in [-0.15, -0.1) is 0 Å². The fourth-order valence-electron chi connectivity index (χ4n) is 2.30. The largest absolute Gasteiger partial charge is 0.480 e. The lowest BCUT2D eigenvalue weighted by Gasteiger charge is -2.19. The van der Waals surface area contributed by atoms with Gasteiger partial charge in [0.15, 0.2) is 0 Å². The van der Waals surface area contributed by atoms with Crippen molar-refractivity contribution >= 4 is 23.0 Å². The number of aliphatic carboxylic acids is 1. The second-order valence-corrected chi connectivity index (χ2v) is 6.39. The SMILES string of the molecule is CC(C)(C)OC(=O)Cc1cn(CC(N)C(=O)O)c2cccnc12. The van der Waals surface area contributed by atoms with Crippen molar-refractivity contribution in [1.29, 1.82) is 0 Å². The van der Waals surface area contributed by atoms with Gasteiger partial charge in [-0.05, 0) is 32.9 Å². The number of nitrogens with zero attached hydrogens (tertiary/aromatic N) is 2. The number of fused-ring (bicyclic) bond motifs is 1. The van der Waals surface area contributed by atoms with Crippen molar-refractivity contribution in [1.82, 2.24) is 9.55 Å². The average molecular weight is 319 g/mol. The molecule has 0 saturated heterocycles. The zero-order valence-corrected chi connectivity index (χ0v) is 13.4. The maximum atomic E-state index is 12.0. The molecule has 0 radical (unpaired) electrons. The van der Waals surface area contributed by atoms with Crippen molar-refractivity contribution in [3.05, 3.63) is 30.1 Å². The molecule has 0 aromatic carbocycles. The van der Waals surface area contributed by atoms with Crippen LogP contribution in [0.2, 0.25) is 0 Å². The van der Waals surface area contributed by atoms with Crippen LogP contribution in [0.25, 0.3) is 11.0 Å². The highest BCUT2D eigenvalue weighted by molar-refractivity contribution is 5.85. The number of pyridine rings is 1. The number of carbonyl (C=O) groups excluding carboxylic acids is 1. The van der Waals surface area contributed by atoms with E-state index >= 15 is 0 Å². The van der Waals surface area contributed by atoms with Gasteiger partial charge in [-0.1, -0.05) is 0 Å². The standard InChI is InChI=1S/C16H21N3O4/c1-16(2,3)23-13(20)7-10-8-19(9-11(17)15(21)22)12-5-4-6-18-14(10)12/h4-6,8,11H,7,9,17H2,1-3H3,(H,21,22). The molecular formula is C16H21N3O4. The van der Waals surface area contributed by atoms with E-state index in [9.17, 15) is 9.59 Å². The molecule has 0 aliphatic rings. The van der Waals surface area contributed by atoms with Crippen molar-refractivity contribution in [2.75, 3.05) is 0 Å². The Kier molecular flexibility index (Phi) is 4.70. The van der Waals surface area contributed by atoms with Gasteiger partial charge in [0.25, 0.3) is 0 Å². The monoisotopic (exact) mass is 319 g/mol. The number of ether oxygens (including phenoxy) is 1. The summed E-state index contributed by atoms with van der Waals surface area (Å²) in [5, 5.41) is 8.97. The molecule has 2 aromatic rings. The van der Waals surface area contributed by atoms with Crippen LogP contribution in [0, 0.1) is 0 Å². The molecule has 1 atom stereocenters. The van der Waals surface area contributed by atoms with Gasteiger partial charge in [-0.2, -0.15) is 0 Å². The number of carboxylic acid groups (broad SMARTS) is 1. The van der Waals surface area contributed by atoms with E-state index in [4.69, 9.17) is 15.6 Å². The van der Waals surface area contributed by atoms with Gasteiger partial charge < -0.3 is 20.1 Å². The molecule has 0 saturated carbocycles. The molecule has 0 fully saturated rings. The van der Waals surface area contributed by atoms with Crippen molar-refractivity contribution in [3.8, 4) is 0 Å². The van der Waals surface area contributed by atoms with E-state index in [0.29, 0.717) is 11.1 Å². The number of carboxylic acids is 1. The highest BCUT2D eigenvalue weighted by Gasteiger charge is 2.20. The molecule has 2 rings (SSSR count). The maximum Gasteiger partial charge on any atom is 0.322 e. The predicted octanol–water partition coefficient (Wildman–Crippen LogP) is 1.33. The molecule has 0 amide bonds. The number of rotatable bonds is 5. The third-order valence-electron chi connectivity index (χ3n) is 3.18. The lowest BCUT2D eigenvalue weighted by atomic mass is 10.1. The minimum Gasteiger partial charge on any atom is -0.480 e. The van der Waals surface area contributed by atoms with Gasteiger partial charge in [0.05, 0.1) is 17.5 Å². The molecule has 0 aliphatic heterocycles. The molecule has 2 heterocycles. The van der Waals surface area contributed by atoms with Crippen molar-refractivity contribution in [3.63, 3.8) is 0 Å². The number of aromatic nitrogens is 2. The normalized spacial score (nSPS) is 13.0. The van der Waals surface area contributed by atoms with Gasteiger partial charge in [0.1, 0.15) is 11.6 Å². The van der Waals surface area contributed by atoms with E-state index in [-0.39, 0.29) is 18.9 Å². The first-order valence-electron chi connectivity index (χ1n) is 7.30.